The Balaban J connectivity index is 0.000000283. The summed E-state index contributed by atoms with van der Waals surface area (Å²) in [7, 11) is -3.40. The summed E-state index contributed by atoms with van der Waals surface area (Å²) >= 11 is 4.07. The maximum absolute atomic E-state index is 10.6. The molecule has 152 valence electrons. The van der Waals surface area contributed by atoms with Crippen molar-refractivity contribution in [3.8, 4) is 11.8 Å². The Bertz CT molecular complexity index is 862. The highest BCUT2D eigenvalue weighted by molar-refractivity contribution is 14.1. The fourth-order valence-electron chi connectivity index (χ4n) is 1.32. The summed E-state index contributed by atoms with van der Waals surface area (Å²) in [5.41, 5.74) is 7.97. The second-order valence-corrected chi connectivity index (χ2v) is 8.39. The van der Waals surface area contributed by atoms with Gasteiger partial charge in [0.25, 0.3) is 10.1 Å². The topological polar surface area (TPSA) is 162 Å². The van der Waals surface area contributed by atoms with Crippen LogP contribution in [0, 0.1) is 7.40 Å². The van der Waals surface area contributed by atoms with Crippen molar-refractivity contribution in [2.75, 3.05) is 32.6 Å². The quantitative estimate of drug-likeness (QED) is 0.100. The minimum atomic E-state index is -3.40. The van der Waals surface area contributed by atoms with Crippen molar-refractivity contribution in [1.29, 1.82) is 0 Å². The van der Waals surface area contributed by atoms with Crippen LogP contribution in [0.3, 0.4) is 0 Å². The van der Waals surface area contributed by atoms with E-state index < -0.39 is 10.1 Å². The van der Waals surface area contributed by atoms with Gasteiger partial charge in [-0.1, -0.05) is 5.11 Å². The summed E-state index contributed by atoms with van der Waals surface area (Å²) in [6.45, 7) is 0.693. The number of ether oxygens (including phenoxy) is 2. The summed E-state index contributed by atoms with van der Waals surface area (Å²) in [6, 6.07) is 0. The van der Waals surface area contributed by atoms with Gasteiger partial charge in [0.2, 0.25) is 11.8 Å². The first-order valence-electron chi connectivity index (χ1n) is 7.36. The van der Waals surface area contributed by atoms with Crippen molar-refractivity contribution in [2.45, 2.75) is 0 Å². The van der Waals surface area contributed by atoms with Crippen molar-refractivity contribution in [3.63, 3.8) is 0 Å². The molecule has 0 aromatic carbocycles. The highest BCUT2D eigenvalue weighted by atomic mass is 127. The van der Waals surface area contributed by atoms with Crippen LogP contribution in [-0.4, -0.2) is 61.0 Å². The molecule has 0 radical (unpaired) electrons. The van der Waals surface area contributed by atoms with Gasteiger partial charge in [-0.15, -0.1) is 0 Å². The van der Waals surface area contributed by atoms with E-state index >= 15 is 0 Å². The summed E-state index contributed by atoms with van der Waals surface area (Å²) in [5.74, 6) is 0.779. The monoisotopic (exact) mass is 635 g/mol. The van der Waals surface area contributed by atoms with Crippen LogP contribution in [0.1, 0.15) is 0 Å². The van der Waals surface area contributed by atoms with E-state index in [0.717, 1.165) is 13.7 Å². The minimum Gasteiger partial charge on any atom is -0.476 e. The molecule has 0 bridgehead atoms. The van der Waals surface area contributed by atoms with Gasteiger partial charge in [0.05, 0.1) is 44.2 Å². The Labute approximate surface area is 188 Å². The van der Waals surface area contributed by atoms with Crippen molar-refractivity contribution >= 4 is 55.3 Å². The van der Waals surface area contributed by atoms with E-state index in [1.54, 1.807) is 12.4 Å². The largest absolute Gasteiger partial charge is 0.476 e. The number of azide groups is 1. The van der Waals surface area contributed by atoms with Crippen LogP contribution < -0.4 is 9.47 Å². The smallest absolute Gasteiger partial charge is 0.264 e. The predicted molar refractivity (Wildman–Crippen MR) is 115 cm³/mol. The molecule has 0 aliphatic rings. The van der Waals surface area contributed by atoms with Gasteiger partial charge in [0, 0.05) is 4.91 Å². The van der Waals surface area contributed by atoms with Gasteiger partial charge in [-0.05, 0) is 50.7 Å². The molecule has 0 fully saturated rings. The molecule has 12 nitrogen and oxygen atoms in total. The molecule has 0 N–H and O–H groups in total. The predicted octanol–water partition coefficient (Wildman–Crippen LogP) is 2.21. The average molecular weight is 635 g/mol. The van der Waals surface area contributed by atoms with E-state index in [0.29, 0.717) is 24.9 Å². The van der Waals surface area contributed by atoms with E-state index in [2.05, 4.69) is 56.7 Å². The number of hydrogen-bond donors (Lipinski definition) is 0. The van der Waals surface area contributed by atoms with E-state index in [1.807, 2.05) is 22.6 Å². The molecule has 0 spiro atoms. The second kappa shape index (κ2) is 13.6. The molecular weight excluding hydrogens is 620 g/mol. The lowest BCUT2D eigenvalue weighted by molar-refractivity contribution is 0.216. The first kappa shape index (κ1) is 24.5. The third kappa shape index (κ3) is 12.8. The number of hydrogen-bond acceptors (Lipinski definition) is 10. The summed E-state index contributed by atoms with van der Waals surface area (Å²) < 4.78 is 37.4. The maximum Gasteiger partial charge on any atom is 0.264 e. The lowest BCUT2D eigenvalue weighted by Crippen LogP contribution is -2.11. The van der Waals surface area contributed by atoms with E-state index in [-0.39, 0.29) is 13.2 Å². The minimum absolute atomic E-state index is 0.0352. The Morgan fingerprint density at radius 3 is 1.93 bits per heavy atom. The lowest BCUT2D eigenvalue weighted by atomic mass is 10.7. The van der Waals surface area contributed by atoms with Gasteiger partial charge in [-0.2, -0.15) is 8.42 Å². The number of rotatable bonds is 9. The van der Waals surface area contributed by atoms with Crippen molar-refractivity contribution in [1.82, 2.24) is 19.9 Å². The molecule has 2 heterocycles. The highest BCUT2D eigenvalue weighted by Gasteiger charge is 2.02. The molecular formula is C13H15I2N7O5S. The van der Waals surface area contributed by atoms with Crippen LogP contribution in [0.15, 0.2) is 29.9 Å². The molecule has 0 amide bonds. The molecule has 0 unspecified atom stereocenters. The molecule has 0 aliphatic heterocycles. The highest BCUT2D eigenvalue weighted by Crippen LogP contribution is 2.06. The molecule has 15 heteroatoms. The lowest BCUT2D eigenvalue weighted by Gasteiger charge is -2.04. The van der Waals surface area contributed by atoms with Gasteiger partial charge < -0.3 is 9.47 Å². The molecule has 0 saturated carbocycles. The fourth-order valence-corrected chi connectivity index (χ4v) is 2.25. The van der Waals surface area contributed by atoms with Gasteiger partial charge in [-0.3, -0.25) is 4.18 Å². The molecule has 28 heavy (non-hydrogen) atoms. The van der Waals surface area contributed by atoms with Crippen molar-refractivity contribution < 1.29 is 22.1 Å². The van der Waals surface area contributed by atoms with Crippen LogP contribution in [0.5, 0.6) is 11.8 Å². The fraction of sp³-hybridized carbons (Fsp3) is 0.385. The van der Waals surface area contributed by atoms with Gasteiger partial charge in [-0.25, -0.2) is 19.9 Å². The molecule has 0 aliphatic carbocycles. The van der Waals surface area contributed by atoms with E-state index in [4.69, 9.17) is 15.0 Å². The Hall–Kier alpha value is -1.56. The third-order valence-electron chi connectivity index (χ3n) is 2.33. The van der Waals surface area contributed by atoms with Crippen LogP contribution in [0.2, 0.25) is 0 Å². The van der Waals surface area contributed by atoms with Gasteiger partial charge in [0.1, 0.15) is 20.6 Å². The summed E-state index contributed by atoms with van der Waals surface area (Å²) in [6.07, 6.45) is 7.12. The van der Waals surface area contributed by atoms with Gasteiger partial charge in [0.15, 0.2) is 0 Å². The van der Waals surface area contributed by atoms with Crippen LogP contribution in [-0.2, 0) is 14.3 Å². The molecule has 2 rings (SSSR count). The second-order valence-electron chi connectivity index (χ2n) is 4.53. The Kier molecular flexibility index (Phi) is 11.9. The van der Waals surface area contributed by atoms with Crippen LogP contribution >= 0.6 is 45.2 Å². The standard InChI is InChI=1S/C7H9IN2O4S.C6H6IN5O/c1-15(11,12)14-3-2-13-7-5-9-6(8)4-10-7;7-5-3-10-6(4-9-5)13-2-1-11-12-8/h4-5H,2-3H2,1H3;3-4H,1-2H2. The Morgan fingerprint density at radius 1 is 0.964 bits per heavy atom. The zero-order chi connectivity index (χ0) is 20.8. The zero-order valence-corrected chi connectivity index (χ0v) is 19.6. The number of nitrogens with zero attached hydrogens (tertiary/aromatic N) is 7. The maximum atomic E-state index is 10.6. The molecule has 2 aromatic rings. The van der Waals surface area contributed by atoms with E-state index in [9.17, 15) is 8.42 Å². The first-order valence-corrected chi connectivity index (χ1v) is 11.3. The molecule has 0 saturated heterocycles. The normalized spacial score (nSPS) is 10.2. The third-order valence-corrected chi connectivity index (χ3v) is 4.04. The number of halogens is 2. The van der Waals surface area contributed by atoms with Crippen LogP contribution in [0.25, 0.3) is 10.4 Å². The van der Waals surface area contributed by atoms with Crippen molar-refractivity contribution in [2.24, 2.45) is 5.11 Å². The SMILES string of the molecule is CS(=O)(=O)OCCOc1cnc(I)cn1.[N-]=[N+]=NCCOc1cnc(I)cn1. The van der Waals surface area contributed by atoms with Crippen LogP contribution in [0.4, 0.5) is 0 Å². The molecule has 0 atom stereocenters. The first-order chi connectivity index (χ1) is 13.3. The average Bonchev–Trinajstić information content (AvgIpc) is 2.65. The Morgan fingerprint density at radius 2 is 1.50 bits per heavy atom. The molecule has 2 aromatic heterocycles. The number of aromatic nitrogens is 4. The van der Waals surface area contributed by atoms with E-state index in [1.165, 1.54) is 12.4 Å². The van der Waals surface area contributed by atoms with Crippen molar-refractivity contribution in [3.05, 3.63) is 42.6 Å². The van der Waals surface area contributed by atoms with Gasteiger partial charge >= 0.3 is 0 Å². The zero-order valence-electron chi connectivity index (χ0n) is 14.5. The summed E-state index contributed by atoms with van der Waals surface area (Å²) in [4.78, 5) is 18.4. The summed E-state index contributed by atoms with van der Waals surface area (Å²) in [5, 5.41) is 3.31.